The summed E-state index contributed by atoms with van der Waals surface area (Å²) in [6.45, 7) is 2.54. The highest BCUT2D eigenvalue weighted by molar-refractivity contribution is 5.53. The molecule has 106 valence electrons. The summed E-state index contributed by atoms with van der Waals surface area (Å²) >= 11 is 0. The van der Waals surface area contributed by atoms with E-state index < -0.39 is 0 Å². The van der Waals surface area contributed by atoms with E-state index in [0.717, 1.165) is 28.5 Å². The quantitative estimate of drug-likeness (QED) is 0.716. The van der Waals surface area contributed by atoms with Crippen LogP contribution in [0.2, 0.25) is 0 Å². The molecule has 1 heterocycles. The van der Waals surface area contributed by atoms with Gasteiger partial charge in [0.2, 0.25) is 0 Å². The number of para-hydroxylation sites is 1. The topological polar surface area (TPSA) is 81.7 Å². The normalized spacial score (nSPS) is 10.5. The summed E-state index contributed by atoms with van der Waals surface area (Å²) < 4.78 is 1.70. The SMILES string of the molecule is Cc1nnnn1-c1cccc(NCc2ccccc2N)c1. The number of nitrogens with one attached hydrogen (secondary N) is 1. The van der Waals surface area contributed by atoms with Crippen LogP contribution < -0.4 is 11.1 Å². The molecule has 0 spiro atoms. The van der Waals surface area contributed by atoms with Gasteiger partial charge in [0.05, 0.1) is 5.69 Å². The molecule has 2 aromatic carbocycles. The molecule has 3 N–H and O–H groups in total. The van der Waals surface area contributed by atoms with E-state index in [1.165, 1.54) is 0 Å². The van der Waals surface area contributed by atoms with E-state index in [0.29, 0.717) is 6.54 Å². The Hall–Kier alpha value is -2.89. The molecule has 1 aromatic heterocycles. The third kappa shape index (κ3) is 2.84. The first kappa shape index (κ1) is 13.1. The second-order valence-electron chi connectivity index (χ2n) is 4.74. The van der Waals surface area contributed by atoms with Crippen LogP contribution in [0, 0.1) is 6.92 Å². The first-order valence-electron chi connectivity index (χ1n) is 6.67. The van der Waals surface area contributed by atoms with Crippen molar-refractivity contribution in [1.29, 1.82) is 0 Å². The highest BCUT2D eigenvalue weighted by Crippen LogP contribution is 2.17. The molecule has 0 radical (unpaired) electrons. The number of nitrogens with two attached hydrogens (primary N) is 1. The maximum atomic E-state index is 5.94. The molecular formula is C15H16N6. The summed E-state index contributed by atoms with van der Waals surface area (Å²) in [4.78, 5) is 0. The highest BCUT2D eigenvalue weighted by Gasteiger charge is 2.04. The Bertz CT molecular complexity index is 749. The summed E-state index contributed by atoms with van der Waals surface area (Å²) in [7, 11) is 0. The fourth-order valence-electron chi connectivity index (χ4n) is 2.11. The van der Waals surface area contributed by atoms with Crippen molar-refractivity contribution in [1.82, 2.24) is 20.2 Å². The monoisotopic (exact) mass is 280 g/mol. The summed E-state index contributed by atoms with van der Waals surface area (Å²) in [5.41, 5.74) is 9.71. The molecule has 0 bridgehead atoms. The van der Waals surface area contributed by atoms with Gasteiger partial charge in [-0.2, -0.15) is 4.68 Å². The van der Waals surface area contributed by atoms with Crippen LogP contribution in [0.4, 0.5) is 11.4 Å². The zero-order valence-corrected chi connectivity index (χ0v) is 11.7. The minimum Gasteiger partial charge on any atom is -0.398 e. The number of rotatable bonds is 4. The van der Waals surface area contributed by atoms with Crippen molar-refractivity contribution in [2.24, 2.45) is 0 Å². The molecule has 0 atom stereocenters. The molecule has 21 heavy (non-hydrogen) atoms. The maximum Gasteiger partial charge on any atom is 0.153 e. The Balaban J connectivity index is 1.78. The number of tetrazole rings is 1. The minimum absolute atomic E-state index is 0.671. The predicted octanol–water partition coefficient (Wildman–Crippen LogP) is 2.17. The van der Waals surface area contributed by atoms with Crippen molar-refractivity contribution in [2.45, 2.75) is 13.5 Å². The van der Waals surface area contributed by atoms with Crippen molar-refractivity contribution in [3.8, 4) is 5.69 Å². The molecule has 0 aliphatic rings. The Labute approximate surface area is 122 Å². The average Bonchev–Trinajstić information content (AvgIpc) is 2.93. The van der Waals surface area contributed by atoms with Gasteiger partial charge < -0.3 is 11.1 Å². The second kappa shape index (κ2) is 5.62. The van der Waals surface area contributed by atoms with Gasteiger partial charge in [-0.3, -0.25) is 0 Å². The number of nitrogen functional groups attached to an aromatic ring is 1. The van der Waals surface area contributed by atoms with Crippen molar-refractivity contribution >= 4 is 11.4 Å². The standard InChI is InChI=1S/C15H16N6/c1-11-18-19-20-21(11)14-7-4-6-13(9-14)17-10-12-5-2-3-8-15(12)16/h2-9,17H,10,16H2,1H3. The molecule has 6 heteroatoms. The average molecular weight is 280 g/mol. The number of anilines is 2. The van der Waals surface area contributed by atoms with E-state index in [1.807, 2.05) is 55.5 Å². The van der Waals surface area contributed by atoms with Gasteiger partial charge in [-0.1, -0.05) is 24.3 Å². The van der Waals surface area contributed by atoms with Crippen molar-refractivity contribution in [3.05, 3.63) is 59.9 Å². The molecule has 0 saturated carbocycles. The van der Waals surface area contributed by atoms with Crippen LogP contribution in [0.25, 0.3) is 5.69 Å². The van der Waals surface area contributed by atoms with Crippen LogP contribution in [0.5, 0.6) is 0 Å². The molecule has 0 saturated heterocycles. The molecule has 0 aliphatic heterocycles. The Morgan fingerprint density at radius 3 is 2.76 bits per heavy atom. The van der Waals surface area contributed by atoms with Gasteiger partial charge in [0, 0.05) is 17.9 Å². The van der Waals surface area contributed by atoms with Crippen molar-refractivity contribution in [2.75, 3.05) is 11.1 Å². The molecule has 0 fully saturated rings. The first-order chi connectivity index (χ1) is 10.2. The lowest BCUT2D eigenvalue weighted by atomic mass is 10.2. The van der Waals surface area contributed by atoms with Crippen LogP contribution >= 0.6 is 0 Å². The van der Waals surface area contributed by atoms with Gasteiger partial charge in [-0.25, -0.2) is 0 Å². The molecule has 3 aromatic rings. The van der Waals surface area contributed by atoms with Gasteiger partial charge in [0.15, 0.2) is 5.82 Å². The predicted molar refractivity (Wildman–Crippen MR) is 82.1 cm³/mol. The van der Waals surface area contributed by atoms with Crippen LogP contribution in [-0.2, 0) is 6.54 Å². The molecule has 0 amide bonds. The Morgan fingerprint density at radius 1 is 1.14 bits per heavy atom. The lowest BCUT2D eigenvalue weighted by Gasteiger charge is -2.10. The number of aromatic nitrogens is 4. The van der Waals surface area contributed by atoms with Crippen molar-refractivity contribution < 1.29 is 0 Å². The van der Waals surface area contributed by atoms with E-state index in [4.69, 9.17) is 5.73 Å². The van der Waals surface area contributed by atoms with E-state index in [1.54, 1.807) is 4.68 Å². The smallest absolute Gasteiger partial charge is 0.153 e. The summed E-state index contributed by atoms with van der Waals surface area (Å²) in [6.07, 6.45) is 0. The third-order valence-corrected chi connectivity index (χ3v) is 3.25. The number of aryl methyl sites for hydroxylation is 1. The van der Waals surface area contributed by atoms with Gasteiger partial charge in [0.1, 0.15) is 0 Å². The number of hydrogen-bond donors (Lipinski definition) is 2. The van der Waals surface area contributed by atoms with Crippen LogP contribution in [0.3, 0.4) is 0 Å². The van der Waals surface area contributed by atoms with Crippen LogP contribution in [0.1, 0.15) is 11.4 Å². The van der Waals surface area contributed by atoms with Crippen LogP contribution in [0.15, 0.2) is 48.5 Å². The number of hydrogen-bond acceptors (Lipinski definition) is 5. The first-order valence-corrected chi connectivity index (χ1v) is 6.67. The van der Waals surface area contributed by atoms with Crippen LogP contribution in [-0.4, -0.2) is 20.2 Å². The zero-order chi connectivity index (χ0) is 14.7. The van der Waals surface area contributed by atoms with E-state index in [9.17, 15) is 0 Å². The van der Waals surface area contributed by atoms with Gasteiger partial charge in [-0.05, 0) is 47.2 Å². The summed E-state index contributed by atoms with van der Waals surface area (Å²) in [5, 5.41) is 14.9. The Morgan fingerprint density at radius 2 is 2.00 bits per heavy atom. The molecular weight excluding hydrogens is 264 g/mol. The van der Waals surface area contributed by atoms with E-state index >= 15 is 0 Å². The van der Waals surface area contributed by atoms with E-state index in [-0.39, 0.29) is 0 Å². The van der Waals surface area contributed by atoms with E-state index in [2.05, 4.69) is 20.8 Å². The van der Waals surface area contributed by atoms with Gasteiger partial charge >= 0.3 is 0 Å². The largest absolute Gasteiger partial charge is 0.398 e. The fourth-order valence-corrected chi connectivity index (χ4v) is 2.11. The zero-order valence-electron chi connectivity index (χ0n) is 11.7. The maximum absolute atomic E-state index is 5.94. The highest BCUT2D eigenvalue weighted by atomic mass is 15.5. The molecule has 0 aliphatic carbocycles. The van der Waals surface area contributed by atoms with Gasteiger partial charge in [-0.15, -0.1) is 5.10 Å². The summed E-state index contributed by atoms with van der Waals surface area (Å²) in [5.74, 6) is 0.749. The minimum atomic E-state index is 0.671. The Kier molecular flexibility index (Phi) is 3.51. The third-order valence-electron chi connectivity index (χ3n) is 3.25. The molecule has 3 rings (SSSR count). The van der Waals surface area contributed by atoms with Crippen molar-refractivity contribution in [3.63, 3.8) is 0 Å². The number of nitrogens with zero attached hydrogens (tertiary/aromatic N) is 4. The number of benzene rings is 2. The second-order valence-corrected chi connectivity index (χ2v) is 4.74. The molecule has 0 unspecified atom stereocenters. The molecule has 6 nitrogen and oxygen atoms in total. The summed E-state index contributed by atoms with van der Waals surface area (Å²) in [6, 6.07) is 15.8. The lowest BCUT2D eigenvalue weighted by Crippen LogP contribution is -2.04. The van der Waals surface area contributed by atoms with Gasteiger partial charge in [0.25, 0.3) is 0 Å². The lowest BCUT2D eigenvalue weighted by molar-refractivity contribution is 0.779. The fraction of sp³-hybridized carbons (Fsp3) is 0.133.